The van der Waals surface area contributed by atoms with Crippen LogP contribution in [-0.4, -0.2) is 31.1 Å². The number of carbonyl (C=O) groups is 1. The van der Waals surface area contributed by atoms with E-state index in [4.69, 9.17) is 5.11 Å². The number of aromatic carboxylic acids is 1. The third-order valence-corrected chi connectivity index (χ3v) is 2.70. The quantitative estimate of drug-likeness (QED) is 0.901. The van der Waals surface area contributed by atoms with Crippen molar-refractivity contribution >= 4 is 21.9 Å². The molecule has 82 valence electrons. The molecule has 16 heavy (non-hydrogen) atoms. The highest BCUT2D eigenvalue weighted by Gasteiger charge is 2.15. The maximum Gasteiger partial charge on any atom is 0.340 e. The topological polar surface area (TPSA) is 80.9 Å². The Labute approximate surface area is 99.1 Å². The average molecular weight is 283 g/mol. The first-order valence-corrected chi connectivity index (χ1v) is 5.16. The van der Waals surface area contributed by atoms with E-state index in [0.29, 0.717) is 10.4 Å². The SMILES string of the molecule is Cc1ccc(-n2ncc(C(=O)O)c2Br)nn1. The van der Waals surface area contributed by atoms with Crippen LogP contribution in [0.3, 0.4) is 0 Å². The molecule has 2 heterocycles. The van der Waals surface area contributed by atoms with Crippen LogP contribution in [0.25, 0.3) is 5.82 Å². The van der Waals surface area contributed by atoms with Gasteiger partial charge in [-0.1, -0.05) is 0 Å². The molecule has 0 atom stereocenters. The lowest BCUT2D eigenvalue weighted by Gasteiger charge is -2.01. The zero-order valence-corrected chi connectivity index (χ0v) is 9.84. The summed E-state index contributed by atoms with van der Waals surface area (Å²) >= 11 is 3.16. The van der Waals surface area contributed by atoms with Gasteiger partial charge in [-0.3, -0.25) is 0 Å². The van der Waals surface area contributed by atoms with Crippen molar-refractivity contribution in [2.45, 2.75) is 6.92 Å². The van der Waals surface area contributed by atoms with E-state index in [9.17, 15) is 4.79 Å². The molecule has 2 aromatic rings. The largest absolute Gasteiger partial charge is 0.478 e. The number of aromatic nitrogens is 4. The fourth-order valence-electron chi connectivity index (χ4n) is 1.14. The summed E-state index contributed by atoms with van der Waals surface area (Å²) in [5.41, 5.74) is 0.868. The molecule has 0 radical (unpaired) electrons. The lowest BCUT2D eigenvalue weighted by Crippen LogP contribution is -2.03. The summed E-state index contributed by atoms with van der Waals surface area (Å²) in [6, 6.07) is 3.49. The van der Waals surface area contributed by atoms with Crippen LogP contribution in [0.15, 0.2) is 22.9 Å². The van der Waals surface area contributed by atoms with Gasteiger partial charge in [-0.2, -0.15) is 10.2 Å². The van der Waals surface area contributed by atoms with Gasteiger partial charge in [0.1, 0.15) is 10.2 Å². The van der Waals surface area contributed by atoms with Gasteiger partial charge in [0.05, 0.1) is 11.9 Å². The first-order chi connectivity index (χ1) is 7.59. The Morgan fingerprint density at radius 3 is 2.69 bits per heavy atom. The average Bonchev–Trinajstić information content (AvgIpc) is 2.61. The van der Waals surface area contributed by atoms with Crippen LogP contribution in [-0.2, 0) is 0 Å². The molecule has 0 aliphatic carbocycles. The van der Waals surface area contributed by atoms with Crippen LogP contribution in [0, 0.1) is 6.92 Å². The smallest absolute Gasteiger partial charge is 0.340 e. The number of halogens is 1. The molecule has 2 rings (SSSR count). The summed E-state index contributed by atoms with van der Waals surface area (Å²) in [6.07, 6.45) is 1.26. The van der Waals surface area contributed by atoms with E-state index in [1.165, 1.54) is 10.9 Å². The van der Waals surface area contributed by atoms with Crippen LogP contribution < -0.4 is 0 Å². The molecular formula is C9H7BrN4O2. The van der Waals surface area contributed by atoms with Gasteiger partial charge < -0.3 is 5.11 Å². The second-order valence-corrected chi connectivity index (χ2v) is 3.85. The van der Waals surface area contributed by atoms with Crippen LogP contribution in [0.5, 0.6) is 0 Å². The maximum atomic E-state index is 10.8. The molecule has 0 bridgehead atoms. The number of carboxylic acids is 1. The predicted molar refractivity (Wildman–Crippen MR) is 58.6 cm³/mol. The summed E-state index contributed by atoms with van der Waals surface area (Å²) < 4.78 is 1.72. The summed E-state index contributed by atoms with van der Waals surface area (Å²) in [5, 5.41) is 20.6. The van der Waals surface area contributed by atoms with Crippen molar-refractivity contribution in [2.75, 3.05) is 0 Å². The number of aryl methyl sites for hydroxylation is 1. The molecule has 0 spiro atoms. The highest BCUT2D eigenvalue weighted by atomic mass is 79.9. The molecule has 0 unspecified atom stereocenters. The second kappa shape index (κ2) is 4.01. The fourth-order valence-corrected chi connectivity index (χ4v) is 1.69. The molecule has 0 aliphatic rings. The van der Waals surface area contributed by atoms with Gasteiger partial charge in [-0.25, -0.2) is 9.48 Å². The Hall–Kier alpha value is -1.76. The van der Waals surface area contributed by atoms with E-state index in [2.05, 4.69) is 31.2 Å². The van der Waals surface area contributed by atoms with Crippen LogP contribution in [0.2, 0.25) is 0 Å². The molecule has 0 fully saturated rings. The molecular weight excluding hydrogens is 276 g/mol. The maximum absolute atomic E-state index is 10.8. The molecule has 0 aromatic carbocycles. The molecule has 7 heteroatoms. The van der Waals surface area contributed by atoms with E-state index in [1.807, 2.05) is 6.92 Å². The lowest BCUT2D eigenvalue weighted by atomic mass is 10.4. The molecule has 6 nitrogen and oxygen atoms in total. The number of nitrogens with zero attached hydrogens (tertiary/aromatic N) is 4. The minimum atomic E-state index is -1.04. The molecule has 0 aliphatic heterocycles. The van der Waals surface area contributed by atoms with E-state index in [0.717, 1.165) is 5.69 Å². The van der Waals surface area contributed by atoms with Crippen molar-refractivity contribution in [2.24, 2.45) is 0 Å². The van der Waals surface area contributed by atoms with E-state index >= 15 is 0 Å². The highest BCUT2D eigenvalue weighted by Crippen LogP contribution is 2.19. The van der Waals surface area contributed by atoms with Gasteiger partial charge in [-0.05, 0) is 35.0 Å². The Morgan fingerprint density at radius 1 is 1.44 bits per heavy atom. The zero-order chi connectivity index (χ0) is 11.7. The van der Waals surface area contributed by atoms with E-state index in [-0.39, 0.29) is 5.56 Å². The lowest BCUT2D eigenvalue weighted by molar-refractivity contribution is 0.0696. The number of rotatable bonds is 2. The minimum absolute atomic E-state index is 0.0855. The van der Waals surface area contributed by atoms with Crippen molar-refractivity contribution in [1.29, 1.82) is 0 Å². The highest BCUT2D eigenvalue weighted by molar-refractivity contribution is 9.10. The van der Waals surface area contributed by atoms with Crippen LogP contribution >= 0.6 is 15.9 Å². The molecule has 0 amide bonds. The molecule has 1 N–H and O–H groups in total. The number of carboxylic acid groups (broad SMARTS) is 1. The zero-order valence-electron chi connectivity index (χ0n) is 8.25. The number of hydrogen-bond donors (Lipinski definition) is 1. The molecule has 0 saturated heterocycles. The Bertz CT molecular complexity index is 535. The first-order valence-electron chi connectivity index (χ1n) is 4.37. The van der Waals surface area contributed by atoms with Gasteiger partial charge in [0, 0.05) is 0 Å². The van der Waals surface area contributed by atoms with Gasteiger partial charge in [0.15, 0.2) is 5.82 Å². The normalized spacial score (nSPS) is 10.4. The van der Waals surface area contributed by atoms with Crippen LogP contribution in [0.1, 0.15) is 16.1 Å². The molecule has 0 saturated carbocycles. The predicted octanol–water partition coefficient (Wildman–Crippen LogP) is 1.43. The van der Waals surface area contributed by atoms with E-state index < -0.39 is 5.97 Å². The fraction of sp³-hybridized carbons (Fsp3) is 0.111. The van der Waals surface area contributed by atoms with Crippen molar-refractivity contribution in [3.8, 4) is 5.82 Å². The van der Waals surface area contributed by atoms with Gasteiger partial charge >= 0.3 is 5.97 Å². The summed E-state index contributed by atoms with van der Waals surface area (Å²) in [6.45, 7) is 1.82. The summed E-state index contributed by atoms with van der Waals surface area (Å²) in [5.74, 6) is -0.580. The van der Waals surface area contributed by atoms with Crippen molar-refractivity contribution in [3.63, 3.8) is 0 Å². The Kier molecular flexibility index (Phi) is 2.69. The van der Waals surface area contributed by atoms with Crippen molar-refractivity contribution < 1.29 is 9.90 Å². The van der Waals surface area contributed by atoms with Crippen molar-refractivity contribution in [3.05, 3.63) is 34.2 Å². The second-order valence-electron chi connectivity index (χ2n) is 3.10. The van der Waals surface area contributed by atoms with Gasteiger partial charge in [-0.15, -0.1) is 5.10 Å². The number of hydrogen-bond acceptors (Lipinski definition) is 4. The van der Waals surface area contributed by atoms with Gasteiger partial charge in [0.2, 0.25) is 0 Å². The monoisotopic (exact) mass is 282 g/mol. The minimum Gasteiger partial charge on any atom is -0.478 e. The summed E-state index contributed by atoms with van der Waals surface area (Å²) in [7, 11) is 0. The Balaban J connectivity index is 2.49. The first kappa shape index (κ1) is 10.7. The molecule has 2 aromatic heterocycles. The van der Waals surface area contributed by atoms with Crippen molar-refractivity contribution in [1.82, 2.24) is 20.0 Å². The Morgan fingerprint density at radius 2 is 2.19 bits per heavy atom. The standard InChI is InChI=1S/C9H7BrN4O2/c1-5-2-3-7(13-12-5)14-8(10)6(4-11-14)9(15)16/h2-4H,1H3,(H,15,16). The van der Waals surface area contributed by atoms with Crippen LogP contribution in [0.4, 0.5) is 0 Å². The summed E-state index contributed by atoms with van der Waals surface area (Å²) in [4.78, 5) is 10.8. The third kappa shape index (κ3) is 1.81. The van der Waals surface area contributed by atoms with Gasteiger partial charge in [0.25, 0.3) is 0 Å². The van der Waals surface area contributed by atoms with E-state index in [1.54, 1.807) is 12.1 Å². The third-order valence-electron chi connectivity index (χ3n) is 1.94.